The summed E-state index contributed by atoms with van der Waals surface area (Å²) in [6, 6.07) is 6.18. The molecule has 1 aromatic carbocycles. The number of aryl methyl sites for hydroxylation is 1. The number of anilines is 3. The van der Waals surface area contributed by atoms with Gasteiger partial charge in [0, 0.05) is 6.04 Å². The molecular weight excluding hydrogens is 322 g/mol. The van der Waals surface area contributed by atoms with Crippen molar-refractivity contribution in [1.29, 1.82) is 0 Å². The number of ether oxygens (including phenoxy) is 2. The fourth-order valence-corrected chi connectivity index (χ4v) is 2.88. The third-order valence-corrected chi connectivity index (χ3v) is 4.21. The molecule has 3 heterocycles. The molecule has 2 aliphatic rings. The SMILES string of the molecule is CC(CCc1ccc2c(c1)OCO2)Nc1ncnc2c1NC(=O)CN2. The second-order valence-electron chi connectivity index (χ2n) is 6.12. The van der Waals surface area contributed by atoms with Crippen molar-refractivity contribution < 1.29 is 14.3 Å². The fourth-order valence-electron chi connectivity index (χ4n) is 2.88. The van der Waals surface area contributed by atoms with Gasteiger partial charge < -0.3 is 25.4 Å². The fraction of sp³-hybridized carbons (Fsp3) is 0.353. The molecule has 0 spiro atoms. The predicted octanol–water partition coefficient (Wildman–Crippen LogP) is 2.00. The van der Waals surface area contributed by atoms with Crippen LogP contribution in [0.15, 0.2) is 24.5 Å². The van der Waals surface area contributed by atoms with Gasteiger partial charge >= 0.3 is 0 Å². The highest BCUT2D eigenvalue weighted by Gasteiger charge is 2.20. The van der Waals surface area contributed by atoms with E-state index in [1.54, 1.807) is 0 Å². The van der Waals surface area contributed by atoms with E-state index in [1.807, 2.05) is 12.1 Å². The van der Waals surface area contributed by atoms with Crippen molar-refractivity contribution >= 4 is 23.2 Å². The summed E-state index contributed by atoms with van der Waals surface area (Å²) in [5, 5.41) is 9.15. The number of carbonyl (C=O) groups is 1. The zero-order valence-electron chi connectivity index (χ0n) is 13.8. The third-order valence-electron chi connectivity index (χ3n) is 4.21. The molecule has 1 unspecified atom stereocenters. The summed E-state index contributed by atoms with van der Waals surface area (Å²) in [6.07, 6.45) is 3.28. The quantitative estimate of drug-likeness (QED) is 0.765. The molecule has 25 heavy (non-hydrogen) atoms. The summed E-state index contributed by atoms with van der Waals surface area (Å²) in [5.41, 5.74) is 1.80. The van der Waals surface area contributed by atoms with Crippen LogP contribution >= 0.6 is 0 Å². The molecule has 1 aromatic heterocycles. The van der Waals surface area contributed by atoms with E-state index in [1.165, 1.54) is 11.9 Å². The lowest BCUT2D eigenvalue weighted by Gasteiger charge is -2.22. The van der Waals surface area contributed by atoms with Crippen molar-refractivity contribution in [2.75, 3.05) is 29.3 Å². The Morgan fingerprint density at radius 1 is 1.28 bits per heavy atom. The minimum Gasteiger partial charge on any atom is -0.454 e. The van der Waals surface area contributed by atoms with Gasteiger partial charge in [-0.2, -0.15) is 0 Å². The number of aromatic nitrogens is 2. The van der Waals surface area contributed by atoms with Gasteiger partial charge in [0.05, 0.1) is 6.54 Å². The molecule has 130 valence electrons. The summed E-state index contributed by atoms with van der Waals surface area (Å²) in [7, 11) is 0. The van der Waals surface area contributed by atoms with Crippen molar-refractivity contribution in [2.45, 2.75) is 25.8 Å². The van der Waals surface area contributed by atoms with E-state index in [2.05, 4.69) is 38.9 Å². The van der Waals surface area contributed by atoms with Crippen LogP contribution in [0.2, 0.25) is 0 Å². The Labute approximate surface area is 145 Å². The van der Waals surface area contributed by atoms with E-state index in [0.717, 1.165) is 24.3 Å². The molecule has 0 bridgehead atoms. The molecule has 2 aromatic rings. The summed E-state index contributed by atoms with van der Waals surface area (Å²) >= 11 is 0. The maximum absolute atomic E-state index is 11.6. The molecular formula is C17H19N5O3. The molecule has 1 amide bonds. The number of carbonyl (C=O) groups excluding carboxylic acids is 1. The Morgan fingerprint density at radius 2 is 2.16 bits per heavy atom. The molecule has 4 rings (SSSR count). The number of nitrogens with zero attached hydrogens (tertiary/aromatic N) is 2. The van der Waals surface area contributed by atoms with Crippen molar-refractivity contribution in [1.82, 2.24) is 9.97 Å². The van der Waals surface area contributed by atoms with E-state index in [0.29, 0.717) is 17.3 Å². The van der Waals surface area contributed by atoms with Crippen LogP contribution in [0.25, 0.3) is 0 Å². The van der Waals surface area contributed by atoms with Crippen molar-refractivity contribution in [3.8, 4) is 11.5 Å². The second-order valence-corrected chi connectivity index (χ2v) is 6.12. The van der Waals surface area contributed by atoms with Gasteiger partial charge in [-0.3, -0.25) is 4.79 Å². The lowest BCUT2D eigenvalue weighted by atomic mass is 10.1. The Balaban J connectivity index is 1.39. The molecule has 0 radical (unpaired) electrons. The molecule has 8 heteroatoms. The minimum atomic E-state index is -0.0987. The molecule has 0 saturated carbocycles. The van der Waals surface area contributed by atoms with Gasteiger partial charge in [-0.1, -0.05) is 6.07 Å². The van der Waals surface area contributed by atoms with Crippen LogP contribution in [0.5, 0.6) is 11.5 Å². The average Bonchev–Trinajstić information content (AvgIpc) is 3.08. The number of fused-ring (bicyclic) bond motifs is 2. The number of hydrogen-bond acceptors (Lipinski definition) is 7. The highest BCUT2D eigenvalue weighted by molar-refractivity contribution is 6.02. The number of nitrogens with one attached hydrogen (secondary N) is 3. The van der Waals surface area contributed by atoms with E-state index in [-0.39, 0.29) is 25.3 Å². The van der Waals surface area contributed by atoms with Gasteiger partial charge in [0.2, 0.25) is 12.7 Å². The number of amides is 1. The first-order valence-electron chi connectivity index (χ1n) is 8.23. The maximum Gasteiger partial charge on any atom is 0.243 e. The topological polar surface area (TPSA) is 97.4 Å². The molecule has 2 aliphatic heterocycles. The standard InChI is InChI=1S/C17H19N5O3/c1-10(2-3-11-4-5-12-13(6-11)25-9-24-12)21-17-15-16(19-8-20-17)18-7-14(23)22-15/h4-6,8,10H,2-3,7,9H2,1H3,(H,22,23)(H2,18,19,20,21). The van der Waals surface area contributed by atoms with Gasteiger partial charge in [0.15, 0.2) is 23.1 Å². The zero-order chi connectivity index (χ0) is 17.2. The molecule has 0 fully saturated rings. The largest absolute Gasteiger partial charge is 0.454 e. The van der Waals surface area contributed by atoms with Gasteiger partial charge in [-0.05, 0) is 37.5 Å². The zero-order valence-corrected chi connectivity index (χ0v) is 13.8. The molecule has 1 atom stereocenters. The van der Waals surface area contributed by atoms with E-state index >= 15 is 0 Å². The van der Waals surface area contributed by atoms with E-state index in [4.69, 9.17) is 9.47 Å². The van der Waals surface area contributed by atoms with Gasteiger partial charge in [-0.15, -0.1) is 0 Å². The normalized spacial score (nSPS) is 15.8. The highest BCUT2D eigenvalue weighted by Crippen LogP contribution is 2.33. The van der Waals surface area contributed by atoms with Crippen molar-refractivity contribution in [3.63, 3.8) is 0 Å². The van der Waals surface area contributed by atoms with Crippen LogP contribution in [-0.4, -0.2) is 35.3 Å². The van der Waals surface area contributed by atoms with E-state index < -0.39 is 0 Å². The smallest absolute Gasteiger partial charge is 0.243 e. The number of benzene rings is 1. The lowest BCUT2D eigenvalue weighted by molar-refractivity contribution is -0.114. The lowest BCUT2D eigenvalue weighted by Crippen LogP contribution is -2.30. The second kappa shape index (κ2) is 6.46. The monoisotopic (exact) mass is 341 g/mol. The van der Waals surface area contributed by atoms with Crippen LogP contribution < -0.4 is 25.4 Å². The summed E-state index contributed by atoms with van der Waals surface area (Å²) in [5.74, 6) is 2.77. The molecule has 8 nitrogen and oxygen atoms in total. The average molecular weight is 341 g/mol. The summed E-state index contributed by atoms with van der Waals surface area (Å²) in [6.45, 7) is 2.60. The third kappa shape index (κ3) is 3.28. The molecule has 3 N–H and O–H groups in total. The van der Waals surface area contributed by atoms with Crippen LogP contribution in [0, 0.1) is 0 Å². The van der Waals surface area contributed by atoms with Crippen LogP contribution in [0.3, 0.4) is 0 Å². The molecule has 0 saturated heterocycles. The van der Waals surface area contributed by atoms with Gasteiger partial charge in [-0.25, -0.2) is 9.97 Å². The Hall–Kier alpha value is -3.03. The minimum absolute atomic E-state index is 0.0987. The van der Waals surface area contributed by atoms with Gasteiger partial charge in [0.25, 0.3) is 0 Å². The van der Waals surface area contributed by atoms with E-state index in [9.17, 15) is 4.79 Å². The van der Waals surface area contributed by atoms with Gasteiger partial charge in [0.1, 0.15) is 12.0 Å². The Bertz CT molecular complexity index is 811. The van der Waals surface area contributed by atoms with Crippen LogP contribution in [0.1, 0.15) is 18.9 Å². The maximum atomic E-state index is 11.6. The van der Waals surface area contributed by atoms with Crippen molar-refractivity contribution in [2.24, 2.45) is 0 Å². The molecule has 0 aliphatic carbocycles. The number of rotatable bonds is 5. The summed E-state index contributed by atoms with van der Waals surface area (Å²) < 4.78 is 10.7. The van der Waals surface area contributed by atoms with Crippen LogP contribution in [0.4, 0.5) is 17.3 Å². The first kappa shape index (κ1) is 15.5. The first-order chi connectivity index (χ1) is 12.2. The number of hydrogen-bond donors (Lipinski definition) is 3. The highest BCUT2D eigenvalue weighted by atomic mass is 16.7. The Morgan fingerprint density at radius 3 is 3.08 bits per heavy atom. The summed E-state index contributed by atoms with van der Waals surface area (Å²) in [4.78, 5) is 20.0. The first-order valence-corrected chi connectivity index (χ1v) is 8.23. The van der Waals surface area contributed by atoms with Crippen molar-refractivity contribution in [3.05, 3.63) is 30.1 Å². The van der Waals surface area contributed by atoms with Crippen LogP contribution in [-0.2, 0) is 11.2 Å². The Kier molecular flexibility index (Phi) is 4.01. The predicted molar refractivity (Wildman–Crippen MR) is 93.1 cm³/mol.